The first-order chi connectivity index (χ1) is 8.60. The zero-order valence-electron chi connectivity index (χ0n) is 10.6. The van der Waals surface area contributed by atoms with Gasteiger partial charge >= 0.3 is 0 Å². The zero-order valence-corrected chi connectivity index (χ0v) is 10.6. The number of rotatable bonds is 7. The van der Waals surface area contributed by atoms with Crippen molar-refractivity contribution in [3.05, 3.63) is 64.8 Å². The van der Waals surface area contributed by atoms with Crippen molar-refractivity contribution in [2.75, 3.05) is 13.1 Å². The molecule has 0 saturated carbocycles. The van der Waals surface area contributed by atoms with Crippen molar-refractivity contribution >= 4 is 5.69 Å². The van der Waals surface area contributed by atoms with Crippen LogP contribution in [0.4, 0.5) is 5.69 Å². The van der Waals surface area contributed by atoms with E-state index in [1.165, 1.54) is 6.07 Å². The summed E-state index contributed by atoms with van der Waals surface area (Å²) < 4.78 is 0. The molecular weight excluding hydrogens is 228 g/mol. The van der Waals surface area contributed by atoms with Gasteiger partial charge < -0.3 is 0 Å². The maximum atomic E-state index is 10.9. The van der Waals surface area contributed by atoms with Crippen molar-refractivity contribution in [2.24, 2.45) is 0 Å². The molecule has 0 aliphatic heterocycles. The van der Waals surface area contributed by atoms with Gasteiger partial charge in [0.15, 0.2) is 0 Å². The van der Waals surface area contributed by atoms with E-state index in [0.717, 1.165) is 24.2 Å². The Morgan fingerprint density at radius 1 is 1.33 bits per heavy atom. The molecule has 96 valence electrons. The molecule has 1 rings (SSSR count). The van der Waals surface area contributed by atoms with Crippen molar-refractivity contribution in [2.45, 2.75) is 13.5 Å². The zero-order chi connectivity index (χ0) is 13.5. The average Bonchev–Trinajstić information content (AvgIpc) is 2.32. The second-order valence-corrected chi connectivity index (χ2v) is 4.09. The minimum atomic E-state index is -0.343. The van der Waals surface area contributed by atoms with Crippen LogP contribution in [0.1, 0.15) is 11.1 Å². The number of nitro groups is 1. The SMILES string of the molecule is C=CCN(CC=C)Cc1cccc([N+](=O)[O-])c1C. The predicted octanol–water partition coefficient (Wildman–Crippen LogP) is 3.08. The summed E-state index contributed by atoms with van der Waals surface area (Å²) in [6.07, 6.45) is 3.63. The van der Waals surface area contributed by atoms with E-state index in [1.807, 2.05) is 18.2 Å². The van der Waals surface area contributed by atoms with E-state index in [9.17, 15) is 10.1 Å². The summed E-state index contributed by atoms with van der Waals surface area (Å²) in [6.45, 7) is 11.3. The molecule has 1 aromatic rings. The van der Waals surface area contributed by atoms with Crippen LogP contribution >= 0.6 is 0 Å². The van der Waals surface area contributed by atoms with Crippen molar-refractivity contribution in [3.8, 4) is 0 Å². The summed E-state index contributed by atoms with van der Waals surface area (Å²) >= 11 is 0. The molecule has 0 aromatic heterocycles. The summed E-state index contributed by atoms with van der Waals surface area (Å²) in [5.74, 6) is 0. The minimum Gasteiger partial charge on any atom is -0.292 e. The minimum absolute atomic E-state index is 0.171. The van der Waals surface area contributed by atoms with Crippen LogP contribution in [0, 0.1) is 17.0 Å². The lowest BCUT2D eigenvalue weighted by molar-refractivity contribution is -0.385. The summed E-state index contributed by atoms with van der Waals surface area (Å²) in [7, 11) is 0. The lowest BCUT2D eigenvalue weighted by Gasteiger charge is -2.19. The summed E-state index contributed by atoms with van der Waals surface area (Å²) in [5.41, 5.74) is 1.86. The van der Waals surface area contributed by atoms with Crippen LogP contribution in [0.5, 0.6) is 0 Å². The Morgan fingerprint density at radius 2 is 1.94 bits per heavy atom. The second kappa shape index (κ2) is 6.71. The van der Waals surface area contributed by atoms with E-state index in [4.69, 9.17) is 0 Å². The third-order valence-corrected chi connectivity index (χ3v) is 2.78. The van der Waals surface area contributed by atoms with Gasteiger partial charge in [0, 0.05) is 31.3 Å². The van der Waals surface area contributed by atoms with E-state index in [0.29, 0.717) is 6.54 Å². The molecule has 0 unspecified atom stereocenters. The highest BCUT2D eigenvalue weighted by Crippen LogP contribution is 2.22. The smallest absolute Gasteiger partial charge is 0.272 e. The fourth-order valence-electron chi connectivity index (χ4n) is 1.85. The number of hydrogen-bond acceptors (Lipinski definition) is 3. The number of nitrogens with zero attached hydrogens (tertiary/aromatic N) is 2. The van der Waals surface area contributed by atoms with Crippen molar-refractivity contribution in [3.63, 3.8) is 0 Å². The van der Waals surface area contributed by atoms with E-state index in [-0.39, 0.29) is 10.6 Å². The van der Waals surface area contributed by atoms with Gasteiger partial charge in [0.2, 0.25) is 0 Å². The van der Waals surface area contributed by atoms with Crippen LogP contribution < -0.4 is 0 Å². The quantitative estimate of drug-likeness (QED) is 0.422. The van der Waals surface area contributed by atoms with Gasteiger partial charge in [0.1, 0.15) is 0 Å². The summed E-state index contributed by atoms with van der Waals surface area (Å²) in [6, 6.07) is 5.17. The van der Waals surface area contributed by atoms with Gasteiger partial charge in [-0.15, -0.1) is 13.2 Å². The lowest BCUT2D eigenvalue weighted by atomic mass is 10.1. The molecule has 0 N–H and O–H groups in total. The van der Waals surface area contributed by atoms with E-state index < -0.39 is 0 Å². The molecule has 0 aliphatic carbocycles. The Morgan fingerprint density at radius 3 is 2.44 bits per heavy atom. The first-order valence-corrected chi connectivity index (χ1v) is 5.77. The highest BCUT2D eigenvalue weighted by atomic mass is 16.6. The molecule has 4 nitrogen and oxygen atoms in total. The van der Waals surface area contributed by atoms with Crippen LogP contribution in [-0.4, -0.2) is 22.9 Å². The Hall–Kier alpha value is -1.94. The Balaban J connectivity index is 2.95. The van der Waals surface area contributed by atoms with Crippen LogP contribution in [0.15, 0.2) is 43.5 Å². The lowest BCUT2D eigenvalue weighted by Crippen LogP contribution is -2.23. The van der Waals surface area contributed by atoms with E-state index >= 15 is 0 Å². The van der Waals surface area contributed by atoms with Gasteiger partial charge in [-0.25, -0.2) is 0 Å². The molecule has 0 saturated heterocycles. The number of nitro benzene ring substituents is 1. The van der Waals surface area contributed by atoms with E-state index in [1.54, 1.807) is 13.0 Å². The molecule has 0 radical (unpaired) electrons. The van der Waals surface area contributed by atoms with Gasteiger partial charge in [0.05, 0.1) is 4.92 Å². The molecule has 0 aliphatic rings. The number of benzene rings is 1. The molecule has 0 fully saturated rings. The molecule has 1 aromatic carbocycles. The molecule has 0 heterocycles. The largest absolute Gasteiger partial charge is 0.292 e. The maximum absolute atomic E-state index is 10.9. The fraction of sp³-hybridized carbons (Fsp3) is 0.286. The fourth-order valence-corrected chi connectivity index (χ4v) is 1.85. The first-order valence-electron chi connectivity index (χ1n) is 5.77. The maximum Gasteiger partial charge on any atom is 0.272 e. The molecule has 4 heteroatoms. The molecule has 0 atom stereocenters. The van der Waals surface area contributed by atoms with Crippen LogP contribution in [0.3, 0.4) is 0 Å². The average molecular weight is 246 g/mol. The predicted molar refractivity (Wildman–Crippen MR) is 73.5 cm³/mol. The standard InChI is InChI=1S/C14H18N2O2/c1-4-9-15(10-5-2)11-13-7-6-8-14(12(13)3)16(17)18/h4-8H,1-2,9-11H2,3H3. The summed E-state index contributed by atoms with van der Waals surface area (Å²) in [4.78, 5) is 12.6. The topological polar surface area (TPSA) is 46.4 Å². The van der Waals surface area contributed by atoms with Crippen LogP contribution in [0.25, 0.3) is 0 Å². The second-order valence-electron chi connectivity index (χ2n) is 4.09. The van der Waals surface area contributed by atoms with Crippen molar-refractivity contribution in [1.82, 2.24) is 4.90 Å². The van der Waals surface area contributed by atoms with E-state index in [2.05, 4.69) is 18.1 Å². The van der Waals surface area contributed by atoms with Crippen molar-refractivity contribution < 1.29 is 4.92 Å². The number of hydrogen-bond donors (Lipinski definition) is 0. The Labute approximate surface area is 107 Å². The van der Waals surface area contributed by atoms with Gasteiger partial charge in [-0.3, -0.25) is 15.0 Å². The first kappa shape index (κ1) is 14.1. The molecular formula is C14H18N2O2. The van der Waals surface area contributed by atoms with Crippen LogP contribution in [0.2, 0.25) is 0 Å². The normalized spacial score (nSPS) is 10.3. The monoisotopic (exact) mass is 246 g/mol. The van der Waals surface area contributed by atoms with Gasteiger partial charge in [-0.1, -0.05) is 24.3 Å². The third kappa shape index (κ3) is 3.53. The Bertz CT molecular complexity index is 445. The van der Waals surface area contributed by atoms with Crippen LogP contribution in [-0.2, 0) is 6.54 Å². The Kier molecular flexibility index (Phi) is 5.27. The molecule has 0 amide bonds. The highest BCUT2D eigenvalue weighted by molar-refractivity contribution is 5.44. The highest BCUT2D eigenvalue weighted by Gasteiger charge is 2.14. The molecule has 0 bridgehead atoms. The van der Waals surface area contributed by atoms with Gasteiger partial charge in [-0.05, 0) is 12.5 Å². The van der Waals surface area contributed by atoms with Gasteiger partial charge in [0.25, 0.3) is 5.69 Å². The summed E-state index contributed by atoms with van der Waals surface area (Å²) in [5, 5.41) is 10.9. The van der Waals surface area contributed by atoms with Crippen molar-refractivity contribution in [1.29, 1.82) is 0 Å². The third-order valence-electron chi connectivity index (χ3n) is 2.78. The van der Waals surface area contributed by atoms with Gasteiger partial charge in [-0.2, -0.15) is 0 Å². The molecule has 0 spiro atoms. The molecule has 18 heavy (non-hydrogen) atoms.